The number of hydrogen-bond donors (Lipinski definition) is 2. The Balaban J connectivity index is 2.09. The van der Waals surface area contributed by atoms with E-state index in [2.05, 4.69) is 5.92 Å². The average molecular weight is 666 g/mol. The van der Waals surface area contributed by atoms with Gasteiger partial charge in [-0.15, -0.1) is 12.3 Å². The molecule has 0 aliphatic carbocycles. The topological polar surface area (TPSA) is 167 Å². The largest absolute Gasteiger partial charge is 0.458 e. The van der Waals surface area contributed by atoms with Crippen molar-refractivity contribution in [3.05, 3.63) is 0 Å². The lowest BCUT2D eigenvalue weighted by Gasteiger charge is -2.47. The van der Waals surface area contributed by atoms with Gasteiger partial charge in [0.25, 0.3) is 0 Å². The van der Waals surface area contributed by atoms with Gasteiger partial charge in [0.2, 0.25) is 0 Å². The molecule has 0 radical (unpaired) electrons. The van der Waals surface area contributed by atoms with E-state index in [1.165, 1.54) is 14.0 Å². The number of terminal acetylenes is 1. The van der Waals surface area contributed by atoms with Gasteiger partial charge in [-0.2, -0.15) is 0 Å². The van der Waals surface area contributed by atoms with Gasteiger partial charge >= 0.3 is 12.1 Å². The number of methoxy groups -OCH3 is 1. The molecule has 3 rings (SSSR count). The Morgan fingerprint density at radius 2 is 1.74 bits per heavy atom. The van der Waals surface area contributed by atoms with Crippen LogP contribution in [0.2, 0.25) is 0 Å². The second kappa shape index (κ2) is 15.3. The molecule has 3 heterocycles. The van der Waals surface area contributed by atoms with E-state index >= 15 is 0 Å². The summed E-state index contributed by atoms with van der Waals surface area (Å²) in [5.41, 5.74) is -2.75. The first-order valence-corrected chi connectivity index (χ1v) is 16.6. The fraction of sp³-hybridized carbons (Fsp3) is 0.824. The van der Waals surface area contributed by atoms with Gasteiger partial charge in [-0.25, -0.2) is 15.6 Å². The predicted molar refractivity (Wildman–Crippen MR) is 171 cm³/mol. The minimum atomic E-state index is -1.46. The maximum Gasteiger partial charge on any atom is 0.425 e. The summed E-state index contributed by atoms with van der Waals surface area (Å²) >= 11 is 0. The maximum atomic E-state index is 14.1. The van der Waals surface area contributed by atoms with Gasteiger partial charge in [-0.1, -0.05) is 27.7 Å². The molecule has 13 atom stereocenters. The smallest absolute Gasteiger partial charge is 0.425 e. The molecule has 0 aromatic rings. The van der Waals surface area contributed by atoms with Crippen molar-refractivity contribution in [2.24, 2.45) is 29.5 Å². The van der Waals surface area contributed by atoms with Crippen molar-refractivity contribution in [3.63, 3.8) is 0 Å². The Bertz CT molecular complexity index is 1210. The number of nitrogens with two attached hydrogens (primary N) is 1. The lowest BCUT2D eigenvalue weighted by molar-refractivity contribution is -0.296. The van der Waals surface area contributed by atoms with Gasteiger partial charge < -0.3 is 28.8 Å². The van der Waals surface area contributed by atoms with E-state index < -0.39 is 83.4 Å². The summed E-state index contributed by atoms with van der Waals surface area (Å²) in [5, 5.41) is 12.4. The van der Waals surface area contributed by atoms with Crippen LogP contribution in [0.3, 0.4) is 0 Å². The third-order valence-corrected chi connectivity index (χ3v) is 10.6. The minimum Gasteiger partial charge on any atom is -0.458 e. The highest BCUT2D eigenvalue weighted by atomic mass is 16.7. The van der Waals surface area contributed by atoms with Crippen LogP contribution in [0.4, 0.5) is 4.79 Å². The van der Waals surface area contributed by atoms with E-state index in [9.17, 15) is 24.3 Å². The van der Waals surface area contributed by atoms with Crippen LogP contribution in [-0.2, 0) is 38.1 Å². The lowest BCUT2D eigenvalue weighted by atomic mass is 9.73. The number of rotatable bonds is 7. The van der Waals surface area contributed by atoms with Crippen molar-refractivity contribution >= 4 is 23.6 Å². The van der Waals surface area contributed by atoms with Crippen molar-refractivity contribution in [1.29, 1.82) is 0 Å². The number of Topliss-reactive ketones (excluding diaryl/α,β-unsaturated/α-hetero) is 2. The number of carbonyl (C=O) groups is 4. The third kappa shape index (κ3) is 7.68. The first kappa shape index (κ1) is 38.8. The minimum absolute atomic E-state index is 0.0949. The van der Waals surface area contributed by atoms with Gasteiger partial charge in [0.1, 0.15) is 30.0 Å². The molecule has 3 fully saturated rings. The zero-order valence-corrected chi connectivity index (χ0v) is 29.6. The van der Waals surface area contributed by atoms with E-state index in [1.807, 2.05) is 18.9 Å². The number of aliphatic hydroxyl groups excluding tert-OH is 1. The number of ketones is 2. The number of carbonyl (C=O) groups excluding carboxylic acids is 4. The Hall–Kier alpha value is -2.60. The molecule has 0 aromatic carbocycles. The molecule has 0 bridgehead atoms. The number of hydrazine groups is 1. The number of aliphatic hydroxyl groups is 1. The van der Waals surface area contributed by atoms with Crippen LogP contribution in [-0.4, -0.2) is 113 Å². The molecular formula is C34H55N3O10. The molecule has 0 unspecified atom stereocenters. The highest BCUT2D eigenvalue weighted by molar-refractivity contribution is 6.00. The fourth-order valence-electron chi connectivity index (χ4n) is 7.74. The number of amides is 1. The maximum absolute atomic E-state index is 14.1. The van der Waals surface area contributed by atoms with Crippen molar-refractivity contribution in [2.75, 3.05) is 20.7 Å². The Labute approximate surface area is 279 Å². The molecular weight excluding hydrogens is 610 g/mol. The first-order valence-electron chi connectivity index (χ1n) is 16.6. The van der Waals surface area contributed by atoms with Gasteiger partial charge in [0, 0.05) is 43.9 Å². The molecule has 13 heteroatoms. The van der Waals surface area contributed by atoms with Crippen molar-refractivity contribution in [1.82, 2.24) is 9.91 Å². The van der Waals surface area contributed by atoms with E-state index in [-0.39, 0.29) is 30.8 Å². The van der Waals surface area contributed by atoms with Crippen LogP contribution in [0.25, 0.3) is 0 Å². The van der Waals surface area contributed by atoms with Gasteiger partial charge in [0.15, 0.2) is 17.7 Å². The van der Waals surface area contributed by atoms with Gasteiger partial charge in [0.05, 0.1) is 17.8 Å². The summed E-state index contributed by atoms with van der Waals surface area (Å²) in [6.07, 6.45) is 1.34. The molecule has 3 N–H and O–H groups in total. The number of cyclic esters (lactones) is 1. The molecule has 47 heavy (non-hydrogen) atoms. The SMILES string of the molecule is C#CCCN(C)[C@H]1C[C@@H](C)O[C@@H](O[C@@H]2[C@@H](C)C(=O)[C@@H](C)C(=O)O[C@H](CC)[C@@]3(C)OC(=O)N(N)[C@@H]3[C@@H](C)C(=O)[C@H](C)C[C@@]2(C)OC)[C@@H]1O. The van der Waals surface area contributed by atoms with Crippen molar-refractivity contribution in [3.8, 4) is 12.3 Å². The van der Waals surface area contributed by atoms with Crippen LogP contribution < -0.4 is 5.84 Å². The Morgan fingerprint density at radius 3 is 2.32 bits per heavy atom. The zero-order chi connectivity index (χ0) is 35.6. The number of nitrogens with zero attached hydrogens (tertiary/aromatic N) is 2. The monoisotopic (exact) mass is 665 g/mol. The number of fused-ring (bicyclic) bond motifs is 1. The summed E-state index contributed by atoms with van der Waals surface area (Å²) in [5.74, 6) is 3.54. The van der Waals surface area contributed by atoms with E-state index in [0.29, 0.717) is 19.4 Å². The average Bonchev–Trinajstić information content (AvgIpc) is 3.27. The second-order valence-electron chi connectivity index (χ2n) is 14.1. The summed E-state index contributed by atoms with van der Waals surface area (Å²) < 4.78 is 30.3. The van der Waals surface area contributed by atoms with Gasteiger partial charge in [-0.3, -0.25) is 19.3 Å². The molecule has 0 aromatic heterocycles. The summed E-state index contributed by atoms with van der Waals surface area (Å²) in [7, 11) is 3.33. The molecule has 3 aliphatic heterocycles. The molecule has 13 nitrogen and oxygen atoms in total. The van der Waals surface area contributed by atoms with Crippen LogP contribution in [0.15, 0.2) is 0 Å². The standard InChI is InChI=1S/C34H55N3O10/c1-12-14-15-36(10)23-16-19(4)44-31(27(23)40)46-29-21(6)26(39)22(7)30(41)45-24(13-2)34(9)28(37(35)32(42)47-34)20(5)25(38)18(3)17-33(29,8)43-11/h1,18-24,27-29,31,40H,13-17,35H2,2-11H3/t18-,19-,20+,21+,22-,23+,24-,27-,28-,29-,31+,33-,34-/m1/s1. The number of hydrogen-bond acceptors (Lipinski definition) is 12. The molecule has 0 spiro atoms. The van der Waals surface area contributed by atoms with Gasteiger partial charge in [-0.05, 0) is 54.0 Å². The van der Waals surface area contributed by atoms with Crippen LogP contribution in [0, 0.1) is 36.0 Å². The highest BCUT2D eigenvalue weighted by Crippen LogP contribution is 2.42. The number of ether oxygens (including phenoxy) is 5. The zero-order valence-electron chi connectivity index (χ0n) is 29.6. The molecule has 3 saturated heterocycles. The predicted octanol–water partition coefficient (Wildman–Crippen LogP) is 2.46. The first-order chi connectivity index (χ1) is 21.9. The van der Waals surface area contributed by atoms with Crippen LogP contribution >= 0.6 is 0 Å². The van der Waals surface area contributed by atoms with Crippen molar-refractivity contribution in [2.45, 2.75) is 135 Å². The van der Waals surface area contributed by atoms with E-state index in [1.54, 1.807) is 41.5 Å². The number of esters is 1. The molecule has 0 saturated carbocycles. The van der Waals surface area contributed by atoms with E-state index in [4.69, 9.17) is 36.0 Å². The van der Waals surface area contributed by atoms with Crippen LogP contribution in [0.1, 0.15) is 81.1 Å². The summed E-state index contributed by atoms with van der Waals surface area (Å²) in [6, 6.07) is -1.31. The summed E-state index contributed by atoms with van der Waals surface area (Å²) in [6.45, 7) is 14.0. The quantitative estimate of drug-likeness (QED) is 0.134. The lowest BCUT2D eigenvalue weighted by Crippen LogP contribution is -2.61. The molecule has 3 aliphatic rings. The third-order valence-electron chi connectivity index (χ3n) is 10.6. The Kier molecular flexibility index (Phi) is 12.6. The highest BCUT2D eigenvalue weighted by Gasteiger charge is 2.60. The fourth-order valence-corrected chi connectivity index (χ4v) is 7.74. The molecule has 266 valence electrons. The summed E-state index contributed by atoms with van der Waals surface area (Å²) in [4.78, 5) is 56.5. The normalized spacial score (nSPS) is 42.4. The molecule has 1 amide bonds. The number of likely N-dealkylation sites (N-methyl/N-ethyl adjacent to an activating group) is 1. The van der Waals surface area contributed by atoms with E-state index in [0.717, 1.165) is 5.01 Å². The van der Waals surface area contributed by atoms with Crippen LogP contribution in [0.5, 0.6) is 0 Å². The Morgan fingerprint density at radius 1 is 1.11 bits per heavy atom. The van der Waals surface area contributed by atoms with Crippen molar-refractivity contribution < 1.29 is 48.0 Å². The second-order valence-corrected chi connectivity index (χ2v) is 14.1.